The second-order valence-electron chi connectivity index (χ2n) is 10.3. The molecule has 0 spiro atoms. The van der Waals surface area contributed by atoms with E-state index in [9.17, 15) is 22.4 Å². The fourth-order valence-corrected chi connectivity index (χ4v) is 5.41. The maximum absolute atomic E-state index is 14.6. The highest BCUT2D eigenvalue weighted by atomic mass is 32.2. The van der Waals surface area contributed by atoms with E-state index in [-0.39, 0.29) is 22.7 Å². The van der Waals surface area contributed by atoms with Crippen LogP contribution in [0.2, 0.25) is 0 Å². The quantitative estimate of drug-likeness (QED) is 0.360. The Kier molecular flexibility index (Phi) is 9.92. The number of nitrogens with zero attached hydrogens (tertiary/aromatic N) is 2. The Morgan fingerprint density at radius 3 is 2.12 bits per heavy atom. The predicted molar refractivity (Wildman–Crippen MR) is 153 cm³/mol. The van der Waals surface area contributed by atoms with Crippen LogP contribution in [0.3, 0.4) is 0 Å². The summed E-state index contributed by atoms with van der Waals surface area (Å²) < 4.78 is 48.7. The van der Waals surface area contributed by atoms with Crippen molar-refractivity contribution in [3.05, 3.63) is 90.2 Å². The van der Waals surface area contributed by atoms with Gasteiger partial charge in [-0.2, -0.15) is 0 Å². The lowest BCUT2D eigenvalue weighted by Gasteiger charge is -2.33. The molecule has 1 N–H and O–H groups in total. The Hall–Kier alpha value is -3.92. The van der Waals surface area contributed by atoms with Gasteiger partial charge < -0.3 is 15.0 Å². The normalized spacial score (nSPS) is 12.3. The smallest absolute Gasteiger partial charge is 0.264 e. The monoisotopic (exact) mass is 569 g/mol. The number of sulfonamides is 1. The molecule has 0 heterocycles. The first-order chi connectivity index (χ1) is 18.8. The number of halogens is 1. The first-order valence-corrected chi connectivity index (χ1v) is 14.4. The van der Waals surface area contributed by atoms with Gasteiger partial charge in [0.25, 0.3) is 10.0 Å². The van der Waals surface area contributed by atoms with Crippen LogP contribution < -0.4 is 14.4 Å². The first kappa shape index (κ1) is 30.6. The van der Waals surface area contributed by atoms with E-state index in [4.69, 9.17) is 4.74 Å². The van der Waals surface area contributed by atoms with E-state index >= 15 is 0 Å². The zero-order chi connectivity index (χ0) is 29.5. The summed E-state index contributed by atoms with van der Waals surface area (Å²) in [5.74, 6) is -1.14. The van der Waals surface area contributed by atoms with Crippen molar-refractivity contribution in [1.29, 1.82) is 0 Å². The molecule has 3 aromatic carbocycles. The Bertz CT molecular complexity index is 1410. The van der Waals surface area contributed by atoms with E-state index in [0.717, 1.165) is 4.31 Å². The summed E-state index contributed by atoms with van der Waals surface area (Å²) in [5, 5.41) is 2.84. The van der Waals surface area contributed by atoms with Crippen molar-refractivity contribution in [3.63, 3.8) is 0 Å². The van der Waals surface area contributed by atoms with Crippen molar-refractivity contribution in [1.82, 2.24) is 10.2 Å². The van der Waals surface area contributed by atoms with Crippen molar-refractivity contribution in [2.75, 3.05) is 17.5 Å². The van der Waals surface area contributed by atoms with Crippen LogP contribution in [-0.2, 0) is 26.2 Å². The average molecular weight is 570 g/mol. The van der Waals surface area contributed by atoms with E-state index in [1.807, 2.05) is 6.92 Å². The maximum Gasteiger partial charge on any atom is 0.264 e. The molecule has 1 atom stereocenters. The second-order valence-corrected chi connectivity index (χ2v) is 12.1. The lowest BCUT2D eigenvalue weighted by atomic mass is 10.1. The minimum Gasteiger partial charge on any atom is -0.494 e. The highest BCUT2D eigenvalue weighted by Gasteiger charge is 2.33. The molecule has 0 bridgehead atoms. The number of hydrogen-bond donors (Lipinski definition) is 1. The van der Waals surface area contributed by atoms with Crippen molar-refractivity contribution >= 4 is 27.5 Å². The summed E-state index contributed by atoms with van der Waals surface area (Å²) in [6, 6.07) is 19.1. The Morgan fingerprint density at radius 1 is 0.950 bits per heavy atom. The molecule has 0 aliphatic rings. The van der Waals surface area contributed by atoms with Crippen LogP contribution >= 0.6 is 0 Å². The molecule has 8 nitrogen and oxygen atoms in total. The number of nitrogens with one attached hydrogen (secondary N) is 1. The second kappa shape index (κ2) is 13.0. The highest BCUT2D eigenvalue weighted by Crippen LogP contribution is 2.26. The number of anilines is 1. The van der Waals surface area contributed by atoms with Gasteiger partial charge in [0.2, 0.25) is 11.8 Å². The molecule has 0 radical (unpaired) electrons. The van der Waals surface area contributed by atoms with Gasteiger partial charge in [-0.05, 0) is 77.1 Å². The van der Waals surface area contributed by atoms with Gasteiger partial charge in [0.05, 0.1) is 17.2 Å². The minimum absolute atomic E-state index is 0.0354. The number of hydrogen-bond acceptors (Lipinski definition) is 5. The Balaban J connectivity index is 2.01. The van der Waals surface area contributed by atoms with E-state index in [2.05, 4.69) is 5.32 Å². The van der Waals surface area contributed by atoms with Crippen molar-refractivity contribution in [2.24, 2.45) is 0 Å². The predicted octanol–water partition coefficient (Wildman–Crippen LogP) is 4.75. The molecule has 0 aliphatic heterocycles. The summed E-state index contributed by atoms with van der Waals surface area (Å²) in [5.41, 5.74) is -0.111. The molecule has 40 heavy (non-hydrogen) atoms. The molecule has 2 amide bonds. The van der Waals surface area contributed by atoms with E-state index < -0.39 is 45.8 Å². The first-order valence-electron chi connectivity index (χ1n) is 13.0. The van der Waals surface area contributed by atoms with Gasteiger partial charge in [0.1, 0.15) is 24.2 Å². The molecule has 3 rings (SSSR count). The Morgan fingerprint density at radius 2 is 1.55 bits per heavy atom. The van der Waals surface area contributed by atoms with Crippen LogP contribution in [0.1, 0.15) is 40.2 Å². The van der Waals surface area contributed by atoms with Gasteiger partial charge in [-0.25, -0.2) is 12.8 Å². The molecule has 1 unspecified atom stereocenters. The van der Waals surface area contributed by atoms with Gasteiger partial charge in [-0.15, -0.1) is 0 Å². The molecule has 10 heteroatoms. The molecular weight excluding hydrogens is 533 g/mol. The van der Waals surface area contributed by atoms with Crippen LogP contribution in [0.15, 0.2) is 83.8 Å². The van der Waals surface area contributed by atoms with Crippen LogP contribution in [0.4, 0.5) is 10.1 Å². The lowest BCUT2D eigenvalue weighted by molar-refractivity contribution is -0.140. The fourth-order valence-electron chi connectivity index (χ4n) is 3.99. The third-order valence-electron chi connectivity index (χ3n) is 6.01. The standard InChI is InChI=1S/C30H36FN3O5S/c1-6-39-25-16-18-26(19-17-25)40(37,38)34(24-13-8-7-9-14-24)21-28(35)33(20-23-12-10-11-15-27(23)31)22(2)29(36)32-30(3,4)5/h7-19,22H,6,20-21H2,1-5H3,(H,32,36). The van der Waals surface area contributed by atoms with Gasteiger partial charge in [-0.3, -0.25) is 13.9 Å². The average Bonchev–Trinajstić information content (AvgIpc) is 2.90. The lowest BCUT2D eigenvalue weighted by Crippen LogP contribution is -2.54. The molecule has 3 aromatic rings. The van der Waals surface area contributed by atoms with E-state index in [0.29, 0.717) is 12.4 Å². The molecule has 0 aliphatic carbocycles. The molecule has 0 fully saturated rings. The van der Waals surface area contributed by atoms with Crippen molar-refractivity contribution in [3.8, 4) is 5.75 Å². The Labute approximate surface area is 235 Å². The number of carbonyl (C=O) groups excluding carboxylic acids is 2. The maximum atomic E-state index is 14.6. The third kappa shape index (κ3) is 7.81. The van der Waals surface area contributed by atoms with Crippen LogP contribution in [0.25, 0.3) is 0 Å². The van der Waals surface area contributed by atoms with Crippen LogP contribution in [0.5, 0.6) is 5.75 Å². The van der Waals surface area contributed by atoms with E-state index in [1.54, 1.807) is 69.3 Å². The molecule has 0 aromatic heterocycles. The van der Waals surface area contributed by atoms with E-state index in [1.165, 1.54) is 42.2 Å². The fraction of sp³-hybridized carbons (Fsp3) is 0.333. The van der Waals surface area contributed by atoms with Crippen molar-refractivity contribution in [2.45, 2.75) is 57.6 Å². The zero-order valence-electron chi connectivity index (χ0n) is 23.4. The summed E-state index contributed by atoms with van der Waals surface area (Å²) >= 11 is 0. The number of para-hydroxylation sites is 1. The number of benzene rings is 3. The summed E-state index contributed by atoms with van der Waals surface area (Å²) in [6.45, 7) is 8.37. The summed E-state index contributed by atoms with van der Waals surface area (Å²) in [6.07, 6.45) is 0. The largest absolute Gasteiger partial charge is 0.494 e. The van der Waals surface area contributed by atoms with Crippen LogP contribution in [0, 0.1) is 5.82 Å². The van der Waals surface area contributed by atoms with Crippen LogP contribution in [-0.4, -0.2) is 49.9 Å². The number of rotatable bonds is 11. The highest BCUT2D eigenvalue weighted by molar-refractivity contribution is 7.92. The minimum atomic E-state index is -4.21. The van der Waals surface area contributed by atoms with Gasteiger partial charge >= 0.3 is 0 Å². The van der Waals surface area contributed by atoms with Gasteiger partial charge in [0.15, 0.2) is 0 Å². The molecule has 0 saturated carbocycles. The summed E-state index contributed by atoms with van der Waals surface area (Å²) in [4.78, 5) is 28.1. The molecule has 214 valence electrons. The SMILES string of the molecule is CCOc1ccc(S(=O)(=O)N(CC(=O)N(Cc2ccccc2F)C(C)C(=O)NC(C)(C)C)c2ccccc2)cc1. The number of carbonyl (C=O) groups is 2. The van der Waals surface area contributed by atoms with Crippen molar-refractivity contribution < 1.29 is 27.1 Å². The molecular formula is C30H36FN3O5S. The number of amides is 2. The zero-order valence-corrected chi connectivity index (χ0v) is 24.2. The molecule has 0 saturated heterocycles. The topological polar surface area (TPSA) is 96.0 Å². The van der Waals surface area contributed by atoms with Gasteiger partial charge in [0, 0.05) is 17.6 Å². The number of ether oxygens (including phenoxy) is 1. The summed E-state index contributed by atoms with van der Waals surface area (Å²) in [7, 11) is -4.21. The van der Waals surface area contributed by atoms with Gasteiger partial charge in [-0.1, -0.05) is 36.4 Å². The third-order valence-corrected chi connectivity index (χ3v) is 7.80.